The van der Waals surface area contributed by atoms with Crippen molar-refractivity contribution in [3.8, 4) is 5.69 Å². The van der Waals surface area contributed by atoms with E-state index in [-0.39, 0.29) is 6.03 Å². The minimum absolute atomic E-state index is 0.0103. The van der Waals surface area contributed by atoms with E-state index in [1.54, 1.807) is 0 Å². The first-order chi connectivity index (χ1) is 11.6. The van der Waals surface area contributed by atoms with Crippen LogP contribution in [-0.4, -0.2) is 53.1 Å². The Balaban J connectivity index is 1.57. The van der Waals surface area contributed by atoms with Gasteiger partial charge in [-0.05, 0) is 36.2 Å². The molecule has 2 aromatic rings. The van der Waals surface area contributed by atoms with Gasteiger partial charge in [-0.3, -0.25) is 4.90 Å². The van der Waals surface area contributed by atoms with Crippen molar-refractivity contribution in [3.05, 3.63) is 48.8 Å². The van der Waals surface area contributed by atoms with Crippen LogP contribution in [0.25, 0.3) is 5.69 Å². The van der Waals surface area contributed by atoms with Crippen LogP contribution in [0, 0.1) is 5.92 Å². The van der Waals surface area contributed by atoms with Crippen molar-refractivity contribution < 1.29 is 4.79 Å². The molecular formula is C19H26N4O. The van der Waals surface area contributed by atoms with Crippen molar-refractivity contribution in [2.45, 2.75) is 13.8 Å². The van der Waals surface area contributed by atoms with Crippen LogP contribution >= 0.6 is 0 Å². The molecule has 0 aliphatic carbocycles. The predicted octanol–water partition coefficient (Wildman–Crippen LogP) is 3.28. The lowest BCUT2D eigenvalue weighted by atomic mass is 10.2. The minimum Gasteiger partial charge on any atom is -0.324 e. The largest absolute Gasteiger partial charge is 0.324 e. The Hall–Kier alpha value is -2.27. The summed E-state index contributed by atoms with van der Waals surface area (Å²) in [5, 5.41) is 3.02. The first-order valence-electron chi connectivity index (χ1n) is 8.63. The van der Waals surface area contributed by atoms with Gasteiger partial charge in [0.25, 0.3) is 0 Å². The summed E-state index contributed by atoms with van der Waals surface area (Å²) >= 11 is 0. The number of rotatable bonds is 4. The van der Waals surface area contributed by atoms with Crippen LogP contribution in [0.5, 0.6) is 0 Å². The van der Waals surface area contributed by atoms with Crippen molar-refractivity contribution >= 4 is 11.7 Å². The zero-order valence-electron chi connectivity index (χ0n) is 14.5. The number of aromatic nitrogens is 1. The standard InChI is InChI=1S/C19H26N4O/c1-16(2)15-21-10-12-23(13-11-21)19(24)20-17-6-5-7-18(14-17)22-8-3-4-9-22/h3-9,14,16H,10-13,15H2,1-2H3,(H,20,24). The number of hydrogen-bond donors (Lipinski definition) is 1. The monoisotopic (exact) mass is 326 g/mol. The molecule has 0 saturated carbocycles. The Morgan fingerprint density at radius 2 is 1.79 bits per heavy atom. The van der Waals surface area contributed by atoms with Gasteiger partial charge in [0, 0.05) is 56.5 Å². The number of nitrogens with zero attached hydrogens (tertiary/aromatic N) is 3. The van der Waals surface area contributed by atoms with Gasteiger partial charge in [-0.2, -0.15) is 0 Å². The molecule has 2 amide bonds. The maximum absolute atomic E-state index is 12.5. The molecule has 128 valence electrons. The molecule has 2 heterocycles. The average molecular weight is 326 g/mol. The fourth-order valence-electron chi connectivity index (χ4n) is 3.10. The van der Waals surface area contributed by atoms with Gasteiger partial charge in [0.1, 0.15) is 0 Å². The zero-order valence-corrected chi connectivity index (χ0v) is 14.5. The Morgan fingerprint density at radius 1 is 1.08 bits per heavy atom. The van der Waals surface area contributed by atoms with E-state index in [1.165, 1.54) is 0 Å². The molecule has 1 N–H and O–H groups in total. The van der Waals surface area contributed by atoms with Gasteiger partial charge in [0.2, 0.25) is 0 Å². The highest BCUT2D eigenvalue weighted by Crippen LogP contribution is 2.16. The van der Waals surface area contributed by atoms with Crippen LogP contribution in [0.4, 0.5) is 10.5 Å². The van der Waals surface area contributed by atoms with Crippen molar-refractivity contribution in [1.29, 1.82) is 0 Å². The summed E-state index contributed by atoms with van der Waals surface area (Å²) in [7, 11) is 0. The Labute approximate surface area is 143 Å². The van der Waals surface area contributed by atoms with Crippen LogP contribution in [0.15, 0.2) is 48.8 Å². The van der Waals surface area contributed by atoms with Crippen LogP contribution < -0.4 is 5.32 Å². The highest BCUT2D eigenvalue weighted by molar-refractivity contribution is 5.89. The second-order valence-electron chi connectivity index (χ2n) is 6.75. The summed E-state index contributed by atoms with van der Waals surface area (Å²) < 4.78 is 2.03. The van der Waals surface area contributed by atoms with Crippen molar-refractivity contribution in [2.24, 2.45) is 5.92 Å². The van der Waals surface area contributed by atoms with Gasteiger partial charge in [0.05, 0.1) is 0 Å². The van der Waals surface area contributed by atoms with E-state index in [4.69, 9.17) is 0 Å². The molecule has 1 aromatic heterocycles. The highest BCUT2D eigenvalue weighted by atomic mass is 16.2. The second kappa shape index (κ2) is 7.53. The third-order valence-electron chi connectivity index (χ3n) is 4.28. The molecule has 5 heteroatoms. The molecule has 1 saturated heterocycles. The van der Waals surface area contributed by atoms with Crippen LogP contribution in [0.1, 0.15) is 13.8 Å². The maximum atomic E-state index is 12.5. The predicted molar refractivity (Wildman–Crippen MR) is 97.6 cm³/mol. The third-order valence-corrected chi connectivity index (χ3v) is 4.28. The van der Waals surface area contributed by atoms with Crippen LogP contribution in [0.3, 0.4) is 0 Å². The summed E-state index contributed by atoms with van der Waals surface area (Å²) in [5.41, 5.74) is 1.87. The Morgan fingerprint density at radius 3 is 2.46 bits per heavy atom. The topological polar surface area (TPSA) is 40.5 Å². The van der Waals surface area contributed by atoms with Crippen LogP contribution in [0.2, 0.25) is 0 Å². The SMILES string of the molecule is CC(C)CN1CCN(C(=O)Nc2cccc(-n3cccc3)c2)CC1. The molecule has 1 aliphatic heterocycles. The van der Waals surface area contributed by atoms with E-state index in [0.29, 0.717) is 5.92 Å². The molecule has 0 radical (unpaired) electrons. The number of nitrogens with one attached hydrogen (secondary N) is 1. The molecule has 0 unspecified atom stereocenters. The smallest absolute Gasteiger partial charge is 0.321 e. The fraction of sp³-hybridized carbons (Fsp3) is 0.421. The lowest BCUT2D eigenvalue weighted by Gasteiger charge is -2.35. The van der Waals surface area contributed by atoms with E-state index < -0.39 is 0 Å². The molecular weight excluding hydrogens is 300 g/mol. The number of carbonyl (C=O) groups excluding carboxylic acids is 1. The zero-order chi connectivity index (χ0) is 16.9. The number of urea groups is 1. The highest BCUT2D eigenvalue weighted by Gasteiger charge is 2.21. The summed E-state index contributed by atoms with van der Waals surface area (Å²) in [5.74, 6) is 0.668. The van der Waals surface area contributed by atoms with Crippen molar-refractivity contribution in [1.82, 2.24) is 14.4 Å². The van der Waals surface area contributed by atoms with E-state index >= 15 is 0 Å². The molecule has 1 aromatic carbocycles. The van der Waals surface area contributed by atoms with Gasteiger partial charge in [-0.1, -0.05) is 19.9 Å². The van der Waals surface area contributed by atoms with E-state index in [0.717, 1.165) is 44.1 Å². The summed E-state index contributed by atoms with van der Waals surface area (Å²) in [4.78, 5) is 16.8. The second-order valence-corrected chi connectivity index (χ2v) is 6.75. The number of hydrogen-bond acceptors (Lipinski definition) is 2. The fourth-order valence-corrected chi connectivity index (χ4v) is 3.10. The van der Waals surface area contributed by atoms with Gasteiger partial charge < -0.3 is 14.8 Å². The van der Waals surface area contributed by atoms with Gasteiger partial charge in [0.15, 0.2) is 0 Å². The molecule has 3 rings (SSSR count). The van der Waals surface area contributed by atoms with Gasteiger partial charge in [-0.25, -0.2) is 4.79 Å². The quantitative estimate of drug-likeness (QED) is 0.937. The number of piperazine rings is 1. The maximum Gasteiger partial charge on any atom is 0.321 e. The summed E-state index contributed by atoms with van der Waals surface area (Å²) in [6.07, 6.45) is 3.99. The summed E-state index contributed by atoms with van der Waals surface area (Å²) in [6.45, 7) is 9.05. The number of amides is 2. The van der Waals surface area contributed by atoms with Crippen molar-refractivity contribution in [3.63, 3.8) is 0 Å². The van der Waals surface area contributed by atoms with E-state index in [2.05, 4.69) is 24.1 Å². The van der Waals surface area contributed by atoms with E-state index in [9.17, 15) is 4.79 Å². The number of benzene rings is 1. The number of anilines is 1. The first kappa shape index (κ1) is 16.6. The van der Waals surface area contributed by atoms with Crippen LogP contribution in [-0.2, 0) is 0 Å². The Bertz CT molecular complexity index is 658. The molecule has 1 aliphatic rings. The van der Waals surface area contributed by atoms with E-state index in [1.807, 2.05) is 58.3 Å². The first-order valence-corrected chi connectivity index (χ1v) is 8.63. The lowest BCUT2D eigenvalue weighted by Crippen LogP contribution is -2.50. The molecule has 0 spiro atoms. The summed E-state index contributed by atoms with van der Waals surface area (Å²) in [6, 6.07) is 11.9. The van der Waals surface area contributed by atoms with Gasteiger partial charge in [-0.15, -0.1) is 0 Å². The minimum atomic E-state index is -0.0103. The number of carbonyl (C=O) groups is 1. The molecule has 24 heavy (non-hydrogen) atoms. The molecule has 0 bridgehead atoms. The molecule has 0 atom stereocenters. The normalized spacial score (nSPS) is 15.7. The van der Waals surface area contributed by atoms with Gasteiger partial charge >= 0.3 is 6.03 Å². The average Bonchev–Trinajstić information content (AvgIpc) is 3.10. The third kappa shape index (κ3) is 4.17. The van der Waals surface area contributed by atoms with Crippen molar-refractivity contribution in [2.75, 3.05) is 38.0 Å². The Kier molecular flexibility index (Phi) is 5.20. The lowest BCUT2D eigenvalue weighted by molar-refractivity contribution is 0.138. The molecule has 1 fully saturated rings. The molecule has 5 nitrogen and oxygen atoms in total.